The van der Waals surface area contributed by atoms with Gasteiger partial charge in [0.1, 0.15) is 12.6 Å². The number of nitrogens with two attached hydrogens (primary N) is 2. The van der Waals surface area contributed by atoms with Gasteiger partial charge >= 0.3 is 6.09 Å². The van der Waals surface area contributed by atoms with Crippen LogP contribution in [0.15, 0.2) is 48.5 Å². The van der Waals surface area contributed by atoms with Gasteiger partial charge in [-0.1, -0.05) is 48.5 Å². The molecular formula is C21H26N4O3. The number of hydrogen-bond acceptors (Lipinski definition) is 5. The molecule has 0 heterocycles. The van der Waals surface area contributed by atoms with Crippen LogP contribution in [0.1, 0.15) is 36.3 Å². The number of ether oxygens (including phenoxy) is 1. The molecule has 0 aromatic heterocycles. The van der Waals surface area contributed by atoms with Gasteiger partial charge in [-0.2, -0.15) is 0 Å². The van der Waals surface area contributed by atoms with E-state index < -0.39 is 18.0 Å². The normalized spacial score (nSPS) is 13.4. The van der Waals surface area contributed by atoms with Crippen LogP contribution in [0.4, 0.5) is 4.79 Å². The first-order valence-electron chi connectivity index (χ1n) is 9.47. The maximum absolute atomic E-state index is 12.3. The average Bonchev–Trinajstić information content (AvgIpc) is 3.05. The summed E-state index contributed by atoms with van der Waals surface area (Å²) in [6, 6.07) is 15.5. The second-order valence-corrected chi connectivity index (χ2v) is 6.82. The summed E-state index contributed by atoms with van der Waals surface area (Å²) in [4.78, 5) is 24.2. The highest BCUT2D eigenvalue weighted by Crippen LogP contribution is 2.44. The van der Waals surface area contributed by atoms with Gasteiger partial charge in [0.2, 0.25) is 0 Å². The van der Waals surface area contributed by atoms with Crippen molar-refractivity contribution in [2.24, 2.45) is 11.6 Å². The second-order valence-electron chi connectivity index (χ2n) is 6.82. The minimum Gasteiger partial charge on any atom is -0.449 e. The molecule has 7 nitrogen and oxygen atoms in total. The summed E-state index contributed by atoms with van der Waals surface area (Å²) in [6.45, 7) is 0.724. The molecule has 3 rings (SSSR count). The monoisotopic (exact) mass is 382 g/mol. The minimum atomic E-state index is -0.743. The van der Waals surface area contributed by atoms with Crippen LogP contribution in [-0.4, -0.2) is 31.2 Å². The summed E-state index contributed by atoms with van der Waals surface area (Å²) < 4.78 is 5.48. The zero-order valence-corrected chi connectivity index (χ0v) is 15.7. The number of hydrazine groups is 1. The summed E-state index contributed by atoms with van der Waals surface area (Å²) in [5, 5.41) is 2.60. The van der Waals surface area contributed by atoms with Gasteiger partial charge in [-0.05, 0) is 48.1 Å². The summed E-state index contributed by atoms with van der Waals surface area (Å²) in [6.07, 6.45) is 1.28. The fraction of sp³-hybridized carbons (Fsp3) is 0.333. The van der Waals surface area contributed by atoms with Crippen LogP contribution in [0, 0.1) is 0 Å². The Morgan fingerprint density at radius 2 is 1.61 bits per heavy atom. The molecule has 0 unspecified atom stereocenters. The first-order valence-corrected chi connectivity index (χ1v) is 9.47. The molecule has 0 spiro atoms. The van der Waals surface area contributed by atoms with Crippen molar-refractivity contribution in [1.29, 1.82) is 0 Å². The molecular weight excluding hydrogens is 356 g/mol. The molecule has 0 saturated heterocycles. The lowest BCUT2D eigenvalue weighted by atomic mass is 9.98. The summed E-state index contributed by atoms with van der Waals surface area (Å²) in [7, 11) is 0. The van der Waals surface area contributed by atoms with Gasteiger partial charge in [0, 0.05) is 5.92 Å². The molecule has 1 aliphatic carbocycles. The topological polar surface area (TPSA) is 119 Å². The predicted octanol–water partition coefficient (Wildman–Crippen LogP) is 2.01. The zero-order chi connectivity index (χ0) is 19.9. The number of benzene rings is 2. The van der Waals surface area contributed by atoms with Crippen molar-refractivity contribution in [2.75, 3.05) is 13.2 Å². The van der Waals surface area contributed by atoms with Crippen molar-refractivity contribution in [3.8, 4) is 11.1 Å². The zero-order valence-electron chi connectivity index (χ0n) is 15.7. The van der Waals surface area contributed by atoms with Crippen molar-refractivity contribution in [1.82, 2.24) is 10.7 Å². The Morgan fingerprint density at radius 3 is 2.18 bits per heavy atom. The molecule has 148 valence electrons. The Balaban J connectivity index is 1.64. The molecule has 0 fully saturated rings. The number of amides is 2. The molecule has 28 heavy (non-hydrogen) atoms. The van der Waals surface area contributed by atoms with Crippen LogP contribution < -0.4 is 22.3 Å². The molecule has 6 N–H and O–H groups in total. The SMILES string of the molecule is NCCCC[C@H](NC(=O)OCC1c2ccccc2-c2ccccc21)C(=O)NN. The number of fused-ring (bicyclic) bond motifs is 3. The Labute approximate surface area is 164 Å². The number of carbonyl (C=O) groups excluding carboxylic acids is 2. The minimum absolute atomic E-state index is 0.0304. The van der Waals surface area contributed by atoms with Crippen LogP contribution in [0.2, 0.25) is 0 Å². The molecule has 1 aliphatic rings. The molecule has 2 aromatic rings. The lowest BCUT2D eigenvalue weighted by Crippen LogP contribution is -2.49. The van der Waals surface area contributed by atoms with E-state index in [0.717, 1.165) is 28.7 Å². The Kier molecular flexibility index (Phi) is 6.62. The fourth-order valence-electron chi connectivity index (χ4n) is 3.64. The molecule has 0 bridgehead atoms. The maximum Gasteiger partial charge on any atom is 0.407 e. The van der Waals surface area contributed by atoms with Gasteiger partial charge in [-0.3, -0.25) is 10.2 Å². The van der Waals surface area contributed by atoms with Crippen LogP contribution in [0.5, 0.6) is 0 Å². The van der Waals surface area contributed by atoms with E-state index in [-0.39, 0.29) is 12.5 Å². The highest BCUT2D eigenvalue weighted by atomic mass is 16.5. The van der Waals surface area contributed by atoms with E-state index >= 15 is 0 Å². The summed E-state index contributed by atoms with van der Waals surface area (Å²) in [5.41, 5.74) is 12.2. The third kappa shape index (κ3) is 4.32. The Hall–Kier alpha value is -2.90. The van der Waals surface area contributed by atoms with E-state index in [0.29, 0.717) is 19.4 Å². The van der Waals surface area contributed by atoms with Crippen molar-refractivity contribution >= 4 is 12.0 Å². The van der Waals surface area contributed by atoms with Crippen LogP contribution in [0.25, 0.3) is 11.1 Å². The quantitative estimate of drug-likeness (QED) is 0.241. The number of carbonyl (C=O) groups is 2. The van der Waals surface area contributed by atoms with Crippen LogP contribution in [-0.2, 0) is 9.53 Å². The standard InChI is InChI=1S/C21H26N4O3/c22-12-6-5-11-19(20(26)25-23)24-21(27)28-13-18-16-9-3-1-7-14(16)15-8-2-4-10-17(15)18/h1-4,7-10,18-19H,5-6,11-13,22-23H2,(H,24,27)(H,25,26)/t19-/m0/s1. The molecule has 1 atom stereocenters. The van der Waals surface area contributed by atoms with E-state index in [2.05, 4.69) is 35.0 Å². The number of alkyl carbamates (subject to hydrolysis) is 1. The molecule has 2 aromatic carbocycles. The van der Waals surface area contributed by atoms with Crippen LogP contribution >= 0.6 is 0 Å². The predicted molar refractivity (Wildman–Crippen MR) is 107 cm³/mol. The lowest BCUT2D eigenvalue weighted by molar-refractivity contribution is -0.123. The smallest absolute Gasteiger partial charge is 0.407 e. The van der Waals surface area contributed by atoms with Gasteiger partial charge < -0.3 is 15.8 Å². The highest BCUT2D eigenvalue weighted by Gasteiger charge is 2.29. The number of nitrogens with one attached hydrogen (secondary N) is 2. The first-order chi connectivity index (χ1) is 13.7. The van der Waals surface area contributed by atoms with Crippen molar-refractivity contribution in [3.63, 3.8) is 0 Å². The molecule has 7 heteroatoms. The summed E-state index contributed by atoms with van der Waals surface area (Å²) >= 11 is 0. The largest absolute Gasteiger partial charge is 0.449 e. The average molecular weight is 382 g/mol. The van der Waals surface area contributed by atoms with Gasteiger partial charge in [-0.15, -0.1) is 0 Å². The van der Waals surface area contributed by atoms with Crippen molar-refractivity contribution in [2.45, 2.75) is 31.2 Å². The van der Waals surface area contributed by atoms with Crippen molar-refractivity contribution < 1.29 is 14.3 Å². The Bertz CT molecular complexity index is 794. The molecule has 2 amide bonds. The molecule has 0 aliphatic heterocycles. The number of unbranched alkanes of at least 4 members (excludes halogenated alkanes) is 1. The van der Waals surface area contributed by atoms with Gasteiger partial charge in [-0.25, -0.2) is 10.6 Å². The molecule has 0 radical (unpaired) electrons. The van der Waals surface area contributed by atoms with Gasteiger partial charge in [0.15, 0.2) is 0 Å². The third-order valence-corrected chi connectivity index (χ3v) is 5.04. The van der Waals surface area contributed by atoms with Gasteiger partial charge in [0.05, 0.1) is 0 Å². The third-order valence-electron chi connectivity index (χ3n) is 5.04. The van der Waals surface area contributed by atoms with E-state index in [1.165, 1.54) is 0 Å². The first kappa shape index (κ1) is 19.9. The lowest BCUT2D eigenvalue weighted by Gasteiger charge is -2.19. The van der Waals surface area contributed by atoms with Gasteiger partial charge in [0.25, 0.3) is 5.91 Å². The van der Waals surface area contributed by atoms with Crippen LogP contribution in [0.3, 0.4) is 0 Å². The highest BCUT2D eigenvalue weighted by molar-refractivity contribution is 5.85. The number of rotatable bonds is 8. The van der Waals surface area contributed by atoms with E-state index in [4.69, 9.17) is 16.3 Å². The second kappa shape index (κ2) is 9.34. The maximum atomic E-state index is 12.3. The van der Waals surface area contributed by atoms with E-state index in [9.17, 15) is 9.59 Å². The Morgan fingerprint density at radius 1 is 1.00 bits per heavy atom. The van der Waals surface area contributed by atoms with Crippen molar-refractivity contribution in [3.05, 3.63) is 59.7 Å². The van der Waals surface area contributed by atoms with E-state index in [1.54, 1.807) is 0 Å². The van der Waals surface area contributed by atoms with E-state index in [1.807, 2.05) is 24.3 Å². The summed E-state index contributed by atoms with van der Waals surface area (Å²) in [5.74, 6) is 4.73. The fourth-order valence-corrected chi connectivity index (χ4v) is 3.64. The molecule has 0 saturated carbocycles. The number of hydrogen-bond donors (Lipinski definition) is 4.